The first kappa shape index (κ1) is 14.1. The summed E-state index contributed by atoms with van der Waals surface area (Å²) in [5.74, 6) is -1.10. The van der Waals surface area contributed by atoms with E-state index in [1.165, 1.54) is 23.5 Å². The van der Waals surface area contributed by atoms with Gasteiger partial charge in [0.1, 0.15) is 0 Å². The lowest BCUT2D eigenvalue weighted by molar-refractivity contribution is 0.100. The highest BCUT2D eigenvalue weighted by Crippen LogP contribution is 2.27. The van der Waals surface area contributed by atoms with Gasteiger partial charge < -0.3 is 11.1 Å². The van der Waals surface area contributed by atoms with Crippen molar-refractivity contribution in [2.45, 2.75) is 6.54 Å². The van der Waals surface area contributed by atoms with Crippen molar-refractivity contribution in [3.05, 3.63) is 49.9 Å². The lowest BCUT2D eigenvalue weighted by Gasteiger charge is -2.07. The molecule has 7 heteroatoms. The highest BCUT2D eigenvalue weighted by molar-refractivity contribution is 7.10. The maximum absolute atomic E-state index is 13.2. The second-order valence-corrected chi connectivity index (χ2v) is 5.58. The quantitative estimate of drug-likeness (QED) is 0.840. The van der Waals surface area contributed by atoms with Gasteiger partial charge in [-0.15, -0.1) is 11.3 Å². The predicted octanol–water partition coefficient (Wildman–Crippen LogP) is 3.91. The smallest absolute Gasteiger partial charge is 0.249 e. The Morgan fingerprint density at radius 2 is 1.95 bits per heavy atom. The van der Waals surface area contributed by atoms with Crippen molar-refractivity contribution in [1.82, 2.24) is 0 Å². The van der Waals surface area contributed by atoms with Gasteiger partial charge in [0.2, 0.25) is 5.91 Å². The summed E-state index contributed by atoms with van der Waals surface area (Å²) in [6, 6.07) is 4.60. The topological polar surface area (TPSA) is 55.1 Å². The summed E-state index contributed by atoms with van der Waals surface area (Å²) in [5.41, 5.74) is 6.23. The van der Waals surface area contributed by atoms with E-state index in [-0.39, 0.29) is 10.0 Å². The third-order valence-corrected chi connectivity index (χ3v) is 3.88. The van der Waals surface area contributed by atoms with Crippen LogP contribution in [0.25, 0.3) is 0 Å². The Morgan fingerprint density at radius 1 is 1.32 bits per heavy atom. The number of carbonyl (C=O) groups is 1. The van der Waals surface area contributed by atoms with Crippen LogP contribution in [-0.2, 0) is 6.54 Å². The van der Waals surface area contributed by atoms with Gasteiger partial charge in [0, 0.05) is 22.5 Å². The standard InChI is InChI=1S/C12H9Cl2FN2OS/c13-9-2-7(3-10(14)11(9)15)17-4-8-1-6(5-19-8)12(16)18/h1-3,5,17H,4H2,(H2,16,18). The molecule has 3 nitrogen and oxygen atoms in total. The second kappa shape index (κ2) is 5.77. The number of benzene rings is 1. The number of amides is 1. The van der Waals surface area contributed by atoms with Crippen molar-refractivity contribution < 1.29 is 9.18 Å². The van der Waals surface area contributed by atoms with Crippen LogP contribution < -0.4 is 11.1 Å². The Balaban J connectivity index is 2.08. The first-order valence-electron chi connectivity index (χ1n) is 5.23. The zero-order chi connectivity index (χ0) is 14.0. The van der Waals surface area contributed by atoms with Crippen molar-refractivity contribution in [3.63, 3.8) is 0 Å². The number of anilines is 1. The normalized spacial score (nSPS) is 10.5. The first-order chi connectivity index (χ1) is 8.97. The molecule has 1 amide bonds. The van der Waals surface area contributed by atoms with Crippen LogP contribution in [0.1, 0.15) is 15.2 Å². The van der Waals surface area contributed by atoms with Gasteiger partial charge in [-0.2, -0.15) is 0 Å². The van der Waals surface area contributed by atoms with Crippen LogP contribution in [0.3, 0.4) is 0 Å². The van der Waals surface area contributed by atoms with Crippen LogP contribution in [0.5, 0.6) is 0 Å². The van der Waals surface area contributed by atoms with Crippen LogP contribution in [0.15, 0.2) is 23.6 Å². The summed E-state index contributed by atoms with van der Waals surface area (Å²) in [4.78, 5) is 11.9. The van der Waals surface area contributed by atoms with Gasteiger partial charge in [-0.3, -0.25) is 4.79 Å². The SMILES string of the molecule is NC(=O)c1csc(CNc2cc(Cl)c(F)c(Cl)c2)c1. The van der Waals surface area contributed by atoms with Gasteiger partial charge in [0.25, 0.3) is 0 Å². The van der Waals surface area contributed by atoms with Crippen molar-refractivity contribution >= 4 is 46.1 Å². The highest BCUT2D eigenvalue weighted by Gasteiger charge is 2.08. The van der Waals surface area contributed by atoms with E-state index in [9.17, 15) is 9.18 Å². The van der Waals surface area contributed by atoms with E-state index in [0.29, 0.717) is 17.8 Å². The molecular formula is C12H9Cl2FN2OS. The number of thiophene rings is 1. The van der Waals surface area contributed by atoms with Gasteiger partial charge in [-0.25, -0.2) is 4.39 Å². The van der Waals surface area contributed by atoms with Crippen LogP contribution in [0, 0.1) is 5.82 Å². The second-order valence-electron chi connectivity index (χ2n) is 3.77. The Morgan fingerprint density at radius 3 is 2.47 bits per heavy atom. The first-order valence-corrected chi connectivity index (χ1v) is 6.86. The summed E-state index contributed by atoms with van der Waals surface area (Å²) in [7, 11) is 0. The Kier molecular flexibility index (Phi) is 4.29. The summed E-state index contributed by atoms with van der Waals surface area (Å²) >= 11 is 12.8. The predicted molar refractivity (Wildman–Crippen MR) is 76.6 cm³/mol. The van der Waals surface area contributed by atoms with E-state index in [4.69, 9.17) is 28.9 Å². The number of carbonyl (C=O) groups excluding carboxylic acids is 1. The van der Waals surface area contributed by atoms with E-state index >= 15 is 0 Å². The zero-order valence-corrected chi connectivity index (χ0v) is 11.9. The third-order valence-electron chi connectivity index (χ3n) is 2.39. The van der Waals surface area contributed by atoms with Crippen molar-refractivity contribution in [3.8, 4) is 0 Å². The minimum Gasteiger partial charge on any atom is -0.380 e. The van der Waals surface area contributed by atoms with Crippen LogP contribution in [-0.4, -0.2) is 5.91 Å². The molecule has 0 saturated carbocycles. The van der Waals surface area contributed by atoms with Gasteiger partial charge in [0.15, 0.2) is 5.82 Å². The summed E-state index contributed by atoms with van der Waals surface area (Å²) < 4.78 is 13.2. The Labute approximate surface area is 123 Å². The van der Waals surface area contributed by atoms with E-state index in [0.717, 1.165) is 4.88 Å². The van der Waals surface area contributed by atoms with E-state index < -0.39 is 11.7 Å². The molecular weight excluding hydrogens is 310 g/mol. The molecule has 19 heavy (non-hydrogen) atoms. The molecule has 0 saturated heterocycles. The van der Waals surface area contributed by atoms with Gasteiger partial charge in [-0.05, 0) is 18.2 Å². The molecule has 0 fully saturated rings. The molecule has 1 heterocycles. The lowest BCUT2D eigenvalue weighted by Crippen LogP contribution is -2.09. The van der Waals surface area contributed by atoms with E-state index in [2.05, 4.69) is 5.32 Å². The summed E-state index contributed by atoms with van der Waals surface area (Å²) in [5, 5.41) is 4.64. The molecule has 1 aromatic carbocycles. The average molecular weight is 319 g/mol. The Bertz CT molecular complexity index is 607. The molecule has 0 radical (unpaired) electrons. The molecule has 1 aromatic heterocycles. The number of nitrogens with two attached hydrogens (primary N) is 1. The Hall–Kier alpha value is -1.30. The molecule has 0 spiro atoms. The molecule has 0 aliphatic carbocycles. The van der Waals surface area contributed by atoms with Crippen LogP contribution in [0.2, 0.25) is 10.0 Å². The number of hydrogen-bond donors (Lipinski definition) is 2. The molecule has 100 valence electrons. The molecule has 0 atom stereocenters. The lowest BCUT2D eigenvalue weighted by atomic mass is 10.3. The zero-order valence-electron chi connectivity index (χ0n) is 9.54. The minimum atomic E-state index is -0.638. The van der Waals surface area contributed by atoms with Crippen molar-refractivity contribution in [2.75, 3.05) is 5.32 Å². The fraction of sp³-hybridized carbons (Fsp3) is 0.0833. The van der Waals surface area contributed by atoms with Crippen LogP contribution in [0.4, 0.5) is 10.1 Å². The molecule has 3 N–H and O–H groups in total. The van der Waals surface area contributed by atoms with E-state index in [1.54, 1.807) is 11.4 Å². The monoisotopic (exact) mass is 318 g/mol. The molecule has 0 aliphatic rings. The van der Waals surface area contributed by atoms with Crippen LogP contribution >= 0.6 is 34.5 Å². The maximum atomic E-state index is 13.2. The molecule has 0 unspecified atom stereocenters. The molecule has 0 aliphatic heterocycles. The van der Waals surface area contributed by atoms with Crippen molar-refractivity contribution in [1.29, 1.82) is 0 Å². The van der Waals surface area contributed by atoms with Gasteiger partial charge in [-0.1, -0.05) is 23.2 Å². The molecule has 0 bridgehead atoms. The summed E-state index contributed by atoms with van der Waals surface area (Å²) in [6.45, 7) is 0.468. The number of hydrogen-bond acceptors (Lipinski definition) is 3. The molecule has 2 aromatic rings. The molecule has 2 rings (SSSR count). The average Bonchev–Trinajstić information content (AvgIpc) is 2.82. The fourth-order valence-electron chi connectivity index (χ4n) is 1.45. The van der Waals surface area contributed by atoms with Crippen molar-refractivity contribution in [2.24, 2.45) is 5.73 Å². The number of rotatable bonds is 4. The largest absolute Gasteiger partial charge is 0.380 e. The number of primary amides is 1. The number of halogens is 3. The minimum absolute atomic E-state index is 0.0426. The maximum Gasteiger partial charge on any atom is 0.249 e. The summed E-state index contributed by atoms with van der Waals surface area (Å²) in [6.07, 6.45) is 0. The highest BCUT2D eigenvalue weighted by atomic mass is 35.5. The number of nitrogens with one attached hydrogen (secondary N) is 1. The third kappa shape index (κ3) is 3.37. The van der Waals surface area contributed by atoms with E-state index in [1.807, 2.05) is 0 Å². The fourth-order valence-corrected chi connectivity index (χ4v) is 2.75. The van der Waals surface area contributed by atoms with Gasteiger partial charge in [0.05, 0.1) is 15.6 Å². The van der Waals surface area contributed by atoms with Gasteiger partial charge >= 0.3 is 0 Å².